The molecule has 7 heteroatoms. The van der Waals surface area contributed by atoms with Crippen LogP contribution >= 0.6 is 0 Å². The SMILES string of the molecule is CC(=O)NCc1c(C=NO)c2cc(F)ccc2n1C1CCN(C2CCC(C(C)C)CC2)CC1. The summed E-state index contributed by atoms with van der Waals surface area (Å²) in [5, 5.41) is 16.1. The maximum atomic E-state index is 14.1. The number of benzene rings is 1. The molecule has 180 valence electrons. The second-order valence-corrected chi connectivity index (χ2v) is 10.1. The predicted octanol–water partition coefficient (Wildman–Crippen LogP) is 5.08. The Balaban J connectivity index is 1.57. The fourth-order valence-corrected chi connectivity index (χ4v) is 6.01. The van der Waals surface area contributed by atoms with Gasteiger partial charge in [-0.1, -0.05) is 19.0 Å². The van der Waals surface area contributed by atoms with Crippen molar-refractivity contribution in [2.45, 2.75) is 77.9 Å². The Bertz CT molecular complexity index is 999. The normalized spacial score (nSPS) is 23.1. The lowest BCUT2D eigenvalue weighted by Gasteiger charge is -2.42. The maximum absolute atomic E-state index is 14.1. The van der Waals surface area contributed by atoms with E-state index in [1.54, 1.807) is 6.07 Å². The van der Waals surface area contributed by atoms with Crippen LogP contribution in [0.3, 0.4) is 0 Å². The van der Waals surface area contributed by atoms with Crippen LogP contribution in [0.25, 0.3) is 10.9 Å². The van der Waals surface area contributed by atoms with Crippen molar-refractivity contribution < 1.29 is 14.4 Å². The van der Waals surface area contributed by atoms with Gasteiger partial charge in [0.05, 0.1) is 12.8 Å². The third-order valence-corrected chi connectivity index (χ3v) is 7.87. The highest BCUT2D eigenvalue weighted by Crippen LogP contribution is 2.37. The molecule has 6 nitrogen and oxygen atoms in total. The zero-order valence-corrected chi connectivity index (χ0v) is 20.1. The molecule has 1 amide bonds. The highest BCUT2D eigenvalue weighted by Gasteiger charge is 2.32. The van der Waals surface area contributed by atoms with E-state index in [1.165, 1.54) is 51.0 Å². The van der Waals surface area contributed by atoms with Crippen molar-refractivity contribution in [3.63, 3.8) is 0 Å². The number of carbonyl (C=O) groups excluding carboxylic acids is 1. The fraction of sp³-hybridized carbons (Fsp3) is 0.615. The average Bonchev–Trinajstić information content (AvgIpc) is 3.10. The molecule has 4 rings (SSSR count). The van der Waals surface area contributed by atoms with E-state index in [-0.39, 0.29) is 17.8 Å². The topological polar surface area (TPSA) is 69.9 Å². The first-order valence-corrected chi connectivity index (χ1v) is 12.4. The van der Waals surface area contributed by atoms with Crippen LogP contribution in [0.4, 0.5) is 4.39 Å². The number of hydrogen-bond donors (Lipinski definition) is 2. The largest absolute Gasteiger partial charge is 0.411 e. The highest BCUT2D eigenvalue weighted by atomic mass is 19.1. The van der Waals surface area contributed by atoms with Crippen molar-refractivity contribution in [3.8, 4) is 0 Å². The average molecular weight is 457 g/mol. The van der Waals surface area contributed by atoms with Gasteiger partial charge in [-0.25, -0.2) is 4.39 Å². The Morgan fingerprint density at radius 2 is 1.88 bits per heavy atom. The van der Waals surface area contributed by atoms with Crippen LogP contribution in [0.1, 0.15) is 76.6 Å². The van der Waals surface area contributed by atoms with Crippen LogP contribution in [0, 0.1) is 17.7 Å². The van der Waals surface area contributed by atoms with Crippen LogP contribution in [-0.4, -0.2) is 45.9 Å². The minimum absolute atomic E-state index is 0.128. The Morgan fingerprint density at radius 1 is 1.18 bits per heavy atom. The molecule has 2 aliphatic rings. The van der Waals surface area contributed by atoms with Crippen molar-refractivity contribution in [2.75, 3.05) is 13.1 Å². The number of likely N-dealkylation sites (tertiary alicyclic amines) is 1. The van der Waals surface area contributed by atoms with Gasteiger partial charge >= 0.3 is 0 Å². The van der Waals surface area contributed by atoms with E-state index >= 15 is 0 Å². The number of nitrogens with one attached hydrogen (secondary N) is 1. The molecule has 2 fully saturated rings. The van der Waals surface area contributed by atoms with E-state index in [1.807, 2.05) is 0 Å². The van der Waals surface area contributed by atoms with Gasteiger partial charge in [0, 0.05) is 54.3 Å². The summed E-state index contributed by atoms with van der Waals surface area (Å²) in [6.07, 6.45) is 8.63. The Morgan fingerprint density at radius 3 is 2.48 bits per heavy atom. The van der Waals surface area contributed by atoms with Crippen molar-refractivity contribution >= 4 is 23.0 Å². The molecule has 1 aromatic heterocycles. The smallest absolute Gasteiger partial charge is 0.217 e. The number of rotatable bonds is 6. The summed E-state index contributed by atoms with van der Waals surface area (Å²) in [5.41, 5.74) is 2.44. The summed E-state index contributed by atoms with van der Waals surface area (Å²) in [6, 6.07) is 5.71. The first kappa shape index (κ1) is 23.7. The highest BCUT2D eigenvalue weighted by molar-refractivity contribution is 6.01. The van der Waals surface area contributed by atoms with Crippen LogP contribution in [0.2, 0.25) is 0 Å². The molecule has 0 atom stereocenters. The number of amides is 1. The summed E-state index contributed by atoms with van der Waals surface area (Å²) in [4.78, 5) is 14.3. The predicted molar refractivity (Wildman–Crippen MR) is 129 cm³/mol. The van der Waals surface area contributed by atoms with Crippen molar-refractivity contribution in [3.05, 3.63) is 35.3 Å². The third kappa shape index (κ3) is 5.08. The zero-order chi connectivity index (χ0) is 23.5. The monoisotopic (exact) mass is 456 g/mol. The summed E-state index contributed by atoms with van der Waals surface area (Å²) in [6.45, 7) is 8.58. The van der Waals surface area contributed by atoms with E-state index in [0.29, 0.717) is 23.5 Å². The van der Waals surface area contributed by atoms with Gasteiger partial charge in [-0.15, -0.1) is 0 Å². The molecule has 1 aromatic carbocycles. The fourth-order valence-electron chi connectivity index (χ4n) is 6.01. The van der Waals surface area contributed by atoms with Gasteiger partial charge in [-0.2, -0.15) is 0 Å². The van der Waals surface area contributed by atoms with E-state index < -0.39 is 0 Å². The van der Waals surface area contributed by atoms with Crippen molar-refractivity contribution in [2.24, 2.45) is 17.0 Å². The van der Waals surface area contributed by atoms with Gasteiger partial charge in [0.25, 0.3) is 0 Å². The number of hydrogen-bond acceptors (Lipinski definition) is 4. The molecule has 2 heterocycles. The molecule has 2 N–H and O–H groups in total. The lowest BCUT2D eigenvalue weighted by molar-refractivity contribution is -0.119. The van der Waals surface area contributed by atoms with Crippen molar-refractivity contribution in [1.82, 2.24) is 14.8 Å². The number of carbonyl (C=O) groups is 1. The summed E-state index contributed by atoms with van der Waals surface area (Å²) in [5.74, 6) is 1.19. The van der Waals surface area contributed by atoms with Crippen molar-refractivity contribution in [1.29, 1.82) is 0 Å². The van der Waals surface area contributed by atoms with Gasteiger partial charge < -0.3 is 20.0 Å². The maximum Gasteiger partial charge on any atom is 0.217 e. The number of nitrogens with zero attached hydrogens (tertiary/aromatic N) is 3. The standard InChI is InChI=1S/C26H37FN4O2/c1-17(2)19-4-7-21(8-5-19)30-12-10-22(11-13-30)31-25-9-6-20(27)14-23(25)24(15-29-33)26(31)16-28-18(3)32/h6,9,14-15,17,19,21-22,33H,4-5,7-8,10-13,16H2,1-3H3,(H,28,32). The van der Waals surface area contributed by atoms with Crippen LogP contribution < -0.4 is 5.32 Å². The number of oxime groups is 1. The molecular formula is C26H37FN4O2. The lowest BCUT2D eigenvalue weighted by atomic mass is 9.79. The number of aromatic nitrogens is 1. The second kappa shape index (κ2) is 10.2. The summed E-state index contributed by atoms with van der Waals surface area (Å²) in [7, 11) is 0. The molecule has 1 saturated carbocycles. The zero-order valence-electron chi connectivity index (χ0n) is 20.1. The molecule has 1 saturated heterocycles. The quantitative estimate of drug-likeness (QED) is 0.362. The van der Waals surface area contributed by atoms with Crippen LogP contribution in [0.5, 0.6) is 0 Å². The molecule has 0 unspecified atom stereocenters. The molecule has 1 aliphatic carbocycles. The molecule has 0 bridgehead atoms. The van der Waals surface area contributed by atoms with Crippen LogP contribution in [-0.2, 0) is 11.3 Å². The minimum atomic E-state index is -0.329. The minimum Gasteiger partial charge on any atom is -0.411 e. The Hall–Kier alpha value is -2.41. The second-order valence-electron chi connectivity index (χ2n) is 10.1. The number of piperidine rings is 1. The molecular weight excluding hydrogens is 419 g/mol. The van der Waals surface area contributed by atoms with E-state index in [9.17, 15) is 14.4 Å². The van der Waals surface area contributed by atoms with Gasteiger partial charge in [0.2, 0.25) is 5.91 Å². The van der Waals surface area contributed by atoms with E-state index in [0.717, 1.165) is 49.0 Å². The van der Waals surface area contributed by atoms with Gasteiger partial charge in [0.15, 0.2) is 0 Å². The van der Waals surface area contributed by atoms with Gasteiger partial charge in [-0.3, -0.25) is 4.79 Å². The third-order valence-electron chi connectivity index (χ3n) is 7.87. The molecule has 0 spiro atoms. The molecule has 1 aliphatic heterocycles. The number of halogens is 1. The lowest BCUT2D eigenvalue weighted by Crippen LogP contribution is -2.44. The Labute approximate surface area is 195 Å². The van der Waals surface area contributed by atoms with Crippen LogP contribution in [0.15, 0.2) is 23.4 Å². The first-order chi connectivity index (χ1) is 15.9. The molecule has 0 radical (unpaired) electrons. The summed E-state index contributed by atoms with van der Waals surface area (Å²) >= 11 is 0. The number of fused-ring (bicyclic) bond motifs is 1. The molecule has 2 aromatic rings. The Kier molecular flexibility index (Phi) is 7.37. The summed E-state index contributed by atoms with van der Waals surface area (Å²) < 4.78 is 16.3. The molecule has 33 heavy (non-hydrogen) atoms. The first-order valence-electron chi connectivity index (χ1n) is 12.4. The van der Waals surface area contributed by atoms with E-state index in [2.05, 4.69) is 33.8 Å². The van der Waals surface area contributed by atoms with Gasteiger partial charge in [-0.05, 0) is 68.6 Å². The van der Waals surface area contributed by atoms with E-state index in [4.69, 9.17) is 0 Å². The van der Waals surface area contributed by atoms with Gasteiger partial charge in [0.1, 0.15) is 5.82 Å².